The van der Waals surface area contributed by atoms with Crippen molar-refractivity contribution in [2.24, 2.45) is 0 Å². The second-order valence-electron chi connectivity index (χ2n) is 5.11. The van der Waals surface area contributed by atoms with E-state index in [-0.39, 0.29) is 5.97 Å². The molecule has 0 atom stereocenters. The molecular weight excluding hydrogens is 240 g/mol. The number of likely N-dealkylation sites (tertiary alicyclic amines) is 1. The highest BCUT2D eigenvalue weighted by atomic mass is 16.5. The van der Waals surface area contributed by atoms with Gasteiger partial charge in [-0.05, 0) is 57.0 Å². The maximum Gasteiger partial charge on any atom is 0.338 e. The molecule has 104 valence electrons. The number of hydrogen-bond acceptors (Lipinski definition) is 4. The largest absolute Gasteiger partial charge is 0.462 e. The minimum atomic E-state index is -0.272. The summed E-state index contributed by atoms with van der Waals surface area (Å²) in [5.41, 5.74) is 7.75. The first-order valence-corrected chi connectivity index (χ1v) is 6.92. The van der Waals surface area contributed by atoms with Gasteiger partial charge < -0.3 is 15.4 Å². The highest BCUT2D eigenvalue weighted by molar-refractivity contribution is 5.92. The summed E-state index contributed by atoms with van der Waals surface area (Å²) < 4.78 is 5.30. The van der Waals surface area contributed by atoms with Gasteiger partial charge in [-0.2, -0.15) is 0 Å². The molecule has 0 unspecified atom stereocenters. The molecule has 0 saturated carbocycles. The maximum absolute atomic E-state index is 11.9. The highest BCUT2D eigenvalue weighted by Crippen LogP contribution is 2.14. The Hall–Kier alpha value is -1.55. The average molecular weight is 262 g/mol. The average Bonchev–Trinajstić information content (AvgIpc) is 2.90. The normalized spacial score (nSPS) is 15.6. The van der Waals surface area contributed by atoms with Crippen molar-refractivity contribution in [2.75, 3.05) is 32.0 Å². The molecular formula is C15H22N2O2. The first kappa shape index (κ1) is 13.9. The molecule has 1 heterocycles. The van der Waals surface area contributed by atoms with Crippen molar-refractivity contribution in [1.29, 1.82) is 0 Å². The van der Waals surface area contributed by atoms with Crippen LogP contribution in [0.1, 0.15) is 35.2 Å². The van der Waals surface area contributed by atoms with Crippen molar-refractivity contribution < 1.29 is 9.53 Å². The van der Waals surface area contributed by atoms with Crippen molar-refractivity contribution in [3.8, 4) is 0 Å². The van der Waals surface area contributed by atoms with Crippen LogP contribution in [0, 0.1) is 6.92 Å². The lowest BCUT2D eigenvalue weighted by Gasteiger charge is -2.14. The number of nitrogen functional groups attached to an aromatic ring is 1. The van der Waals surface area contributed by atoms with Crippen LogP contribution in [-0.4, -0.2) is 37.1 Å². The first-order valence-electron chi connectivity index (χ1n) is 6.92. The molecule has 1 aromatic carbocycles. The van der Waals surface area contributed by atoms with Crippen molar-refractivity contribution in [3.63, 3.8) is 0 Å². The van der Waals surface area contributed by atoms with E-state index >= 15 is 0 Å². The quantitative estimate of drug-likeness (QED) is 0.502. The first-order chi connectivity index (χ1) is 9.16. The van der Waals surface area contributed by atoms with Crippen LogP contribution in [0.5, 0.6) is 0 Å². The number of benzene rings is 1. The SMILES string of the molecule is Cc1ccc(N)cc1C(=O)OCCCN1CCCC1. The number of aryl methyl sites for hydroxylation is 1. The number of carbonyl (C=O) groups excluding carboxylic acids is 1. The summed E-state index contributed by atoms with van der Waals surface area (Å²) in [4.78, 5) is 14.3. The van der Waals surface area contributed by atoms with Gasteiger partial charge in [0.15, 0.2) is 0 Å². The van der Waals surface area contributed by atoms with Gasteiger partial charge >= 0.3 is 5.97 Å². The Morgan fingerprint density at radius 1 is 1.37 bits per heavy atom. The number of nitrogens with zero attached hydrogens (tertiary/aromatic N) is 1. The molecule has 4 nitrogen and oxygen atoms in total. The Morgan fingerprint density at radius 3 is 2.84 bits per heavy atom. The van der Waals surface area contributed by atoms with E-state index in [4.69, 9.17) is 10.5 Å². The molecule has 1 saturated heterocycles. The molecule has 2 rings (SSSR count). The standard InChI is InChI=1S/C15H22N2O2/c1-12-5-6-13(16)11-14(12)15(18)19-10-4-9-17-7-2-3-8-17/h5-6,11H,2-4,7-10,16H2,1H3. The van der Waals surface area contributed by atoms with Crippen molar-refractivity contribution >= 4 is 11.7 Å². The Bertz CT molecular complexity index is 440. The molecule has 1 aliphatic heterocycles. The van der Waals surface area contributed by atoms with Crippen molar-refractivity contribution in [1.82, 2.24) is 4.90 Å². The predicted molar refractivity (Wildman–Crippen MR) is 76.2 cm³/mol. The summed E-state index contributed by atoms with van der Waals surface area (Å²) in [6.07, 6.45) is 3.48. The molecule has 0 spiro atoms. The number of anilines is 1. The number of ether oxygens (including phenoxy) is 1. The summed E-state index contributed by atoms with van der Waals surface area (Å²) in [6.45, 7) is 5.75. The number of esters is 1. The third-order valence-electron chi connectivity index (χ3n) is 3.53. The Kier molecular flexibility index (Phi) is 4.80. The van der Waals surface area contributed by atoms with Gasteiger partial charge in [-0.3, -0.25) is 0 Å². The van der Waals surface area contributed by atoms with E-state index in [2.05, 4.69) is 4.90 Å². The van der Waals surface area contributed by atoms with E-state index in [1.165, 1.54) is 25.9 Å². The maximum atomic E-state index is 11.9. The molecule has 0 bridgehead atoms. The van der Waals surface area contributed by atoms with E-state index in [0.29, 0.717) is 17.9 Å². The van der Waals surface area contributed by atoms with E-state index in [0.717, 1.165) is 18.5 Å². The van der Waals surface area contributed by atoms with Gasteiger partial charge in [0, 0.05) is 12.2 Å². The van der Waals surface area contributed by atoms with Gasteiger partial charge in [0.2, 0.25) is 0 Å². The Balaban J connectivity index is 1.75. The molecule has 1 aliphatic rings. The van der Waals surface area contributed by atoms with Gasteiger partial charge in [-0.25, -0.2) is 4.79 Å². The third-order valence-corrected chi connectivity index (χ3v) is 3.53. The van der Waals surface area contributed by atoms with E-state index in [1.807, 2.05) is 13.0 Å². The van der Waals surface area contributed by atoms with Crippen LogP contribution in [0.2, 0.25) is 0 Å². The fourth-order valence-electron chi connectivity index (χ4n) is 2.40. The van der Waals surface area contributed by atoms with Crippen molar-refractivity contribution in [3.05, 3.63) is 29.3 Å². The minimum Gasteiger partial charge on any atom is -0.462 e. The summed E-state index contributed by atoms with van der Waals surface area (Å²) in [7, 11) is 0. The zero-order valence-corrected chi connectivity index (χ0v) is 11.5. The van der Waals surface area contributed by atoms with Crippen LogP contribution in [0.25, 0.3) is 0 Å². The summed E-state index contributed by atoms with van der Waals surface area (Å²) in [5, 5.41) is 0. The molecule has 4 heteroatoms. The monoisotopic (exact) mass is 262 g/mol. The van der Waals surface area contributed by atoms with E-state index in [9.17, 15) is 4.79 Å². The van der Waals surface area contributed by atoms with Gasteiger partial charge in [0.1, 0.15) is 0 Å². The number of carbonyl (C=O) groups is 1. The second kappa shape index (κ2) is 6.57. The van der Waals surface area contributed by atoms with Gasteiger partial charge in [-0.15, -0.1) is 0 Å². The lowest BCUT2D eigenvalue weighted by atomic mass is 10.1. The van der Waals surface area contributed by atoms with E-state index in [1.54, 1.807) is 12.1 Å². The zero-order valence-electron chi connectivity index (χ0n) is 11.5. The number of nitrogens with two attached hydrogens (primary N) is 1. The van der Waals surface area contributed by atoms with Crippen molar-refractivity contribution in [2.45, 2.75) is 26.2 Å². The van der Waals surface area contributed by atoms with Crippen LogP contribution in [0.4, 0.5) is 5.69 Å². The lowest BCUT2D eigenvalue weighted by molar-refractivity contribution is 0.0490. The number of hydrogen-bond donors (Lipinski definition) is 1. The second-order valence-corrected chi connectivity index (χ2v) is 5.11. The molecule has 2 N–H and O–H groups in total. The summed E-state index contributed by atoms with van der Waals surface area (Å²) in [5.74, 6) is -0.272. The van der Waals surface area contributed by atoms with Crippen LogP contribution in [-0.2, 0) is 4.74 Å². The lowest BCUT2D eigenvalue weighted by Crippen LogP contribution is -2.22. The van der Waals surface area contributed by atoms with Crippen LogP contribution >= 0.6 is 0 Å². The molecule has 0 aromatic heterocycles. The highest BCUT2D eigenvalue weighted by Gasteiger charge is 2.13. The molecule has 1 fully saturated rings. The summed E-state index contributed by atoms with van der Waals surface area (Å²) >= 11 is 0. The van der Waals surface area contributed by atoms with Gasteiger partial charge in [-0.1, -0.05) is 6.07 Å². The molecule has 0 radical (unpaired) electrons. The number of rotatable bonds is 5. The van der Waals surface area contributed by atoms with Crippen LogP contribution in [0.3, 0.4) is 0 Å². The third kappa shape index (κ3) is 3.96. The summed E-state index contributed by atoms with van der Waals surface area (Å²) in [6, 6.07) is 5.31. The van der Waals surface area contributed by atoms with E-state index < -0.39 is 0 Å². The van der Waals surface area contributed by atoms with Gasteiger partial charge in [0.25, 0.3) is 0 Å². The Labute approximate surface area is 114 Å². The molecule has 19 heavy (non-hydrogen) atoms. The molecule has 1 aromatic rings. The minimum absolute atomic E-state index is 0.272. The fourth-order valence-corrected chi connectivity index (χ4v) is 2.40. The predicted octanol–water partition coefficient (Wildman–Crippen LogP) is 2.22. The topological polar surface area (TPSA) is 55.6 Å². The van der Waals surface area contributed by atoms with Crippen LogP contribution in [0.15, 0.2) is 18.2 Å². The molecule has 0 aliphatic carbocycles. The fraction of sp³-hybridized carbons (Fsp3) is 0.533. The zero-order chi connectivity index (χ0) is 13.7. The smallest absolute Gasteiger partial charge is 0.338 e. The van der Waals surface area contributed by atoms with Crippen LogP contribution < -0.4 is 5.73 Å². The van der Waals surface area contributed by atoms with Gasteiger partial charge in [0.05, 0.1) is 12.2 Å². The Morgan fingerprint density at radius 2 is 2.11 bits per heavy atom. The molecule has 0 amide bonds.